The van der Waals surface area contributed by atoms with Gasteiger partial charge in [-0.15, -0.1) is 10.2 Å². The van der Waals surface area contributed by atoms with Gasteiger partial charge in [0, 0.05) is 6.07 Å². The smallest absolute Gasteiger partial charge is 0.234 e. The van der Waals surface area contributed by atoms with E-state index in [0.29, 0.717) is 21.9 Å². The van der Waals surface area contributed by atoms with E-state index in [1.165, 1.54) is 14.2 Å². The lowest BCUT2D eigenvalue weighted by atomic mass is 10.1. The molecule has 168 valence electrons. The number of halogens is 2. The number of carbonyl (C=O) groups excluding carboxylic acids is 2. The summed E-state index contributed by atoms with van der Waals surface area (Å²) in [5.41, 5.74) is 0.612. The standard InChI is InChI=1S/C20H18F2N4O4S2/c1-29-15-6-3-11(7-16(15)30-2)8-17(27)24-19-25-26-20(32-19)31-10-18(28)23-14-5-4-12(21)9-13(14)22/h3-7,9H,8,10H2,1-2H3,(H,23,28)(H,24,25,27). The van der Waals surface area contributed by atoms with E-state index in [1.807, 2.05) is 0 Å². The third-order valence-electron chi connectivity index (χ3n) is 4.00. The van der Waals surface area contributed by atoms with Gasteiger partial charge in [0.2, 0.25) is 16.9 Å². The number of hydrogen-bond donors (Lipinski definition) is 2. The molecule has 3 aromatic rings. The van der Waals surface area contributed by atoms with Crippen LogP contribution in [0.25, 0.3) is 0 Å². The van der Waals surface area contributed by atoms with Crippen molar-refractivity contribution in [3.63, 3.8) is 0 Å². The van der Waals surface area contributed by atoms with Gasteiger partial charge >= 0.3 is 0 Å². The van der Waals surface area contributed by atoms with E-state index in [0.717, 1.165) is 40.8 Å². The fourth-order valence-electron chi connectivity index (χ4n) is 2.56. The van der Waals surface area contributed by atoms with Gasteiger partial charge in [-0.25, -0.2) is 8.78 Å². The number of aromatic nitrogens is 2. The molecular weight excluding hydrogens is 462 g/mol. The van der Waals surface area contributed by atoms with Crippen LogP contribution in [0.3, 0.4) is 0 Å². The van der Waals surface area contributed by atoms with E-state index >= 15 is 0 Å². The van der Waals surface area contributed by atoms with Gasteiger partial charge in [0.05, 0.1) is 32.1 Å². The number of benzene rings is 2. The number of nitrogens with zero attached hydrogens (tertiary/aromatic N) is 2. The summed E-state index contributed by atoms with van der Waals surface area (Å²) in [5, 5.41) is 13.1. The van der Waals surface area contributed by atoms with Crippen molar-refractivity contribution < 1.29 is 27.8 Å². The van der Waals surface area contributed by atoms with E-state index in [9.17, 15) is 18.4 Å². The second kappa shape index (κ2) is 10.9. The van der Waals surface area contributed by atoms with Gasteiger partial charge in [0.1, 0.15) is 11.6 Å². The van der Waals surface area contributed by atoms with Crippen molar-refractivity contribution in [2.45, 2.75) is 10.8 Å². The van der Waals surface area contributed by atoms with Crippen LogP contribution in [0.4, 0.5) is 19.6 Å². The van der Waals surface area contributed by atoms with Crippen molar-refractivity contribution in [2.24, 2.45) is 0 Å². The van der Waals surface area contributed by atoms with Gasteiger partial charge < -0.3 is 20.1 Å². The Kier molecular flexibility index (Phi) is 7.95. The van der Waals surface area contributed by atoms with Crippen LogP contribution < -0.4 is 20.1 Å². The van der Waals surface area contributed by atoms with Crippen LogP contribution in [0.15, 0.2) is 40.7 Å². The molecule has 3 rings (SSSR count). The van der Waals surface area contributed by atoms with Crippen molar-refractivity contribution in [1.82, 2.24) is 10.2 Å². The quantitative estimate of drug-likeness (QED) is 0.355. The Morgan fingerprint density at radius 3 is 2.50 bits per heavy atom. The van der Waals surface area contributed by atoms with Crippen molar-refractivity contribution in [3.8, 4) is 11.5 Å². The SMILES string of the molecule is COc1ccc(CC(=O)Nc2nnc(SCC(=O)Nc3ccc(F)cc3F)s2)cc1OC. The molecule has 0 radical (unpaired) electrons. The second-order valence-electron chi connectivity index (χ2n) is 6.25. The summed E-state index contributed by atoms with van der Waals surface area (Å²) in [6.07, 6.45) is 0.0913. The van der Waals surface area contributed by atoms with Crippen molar-refractivity contribution >= 4 is 45.7 Å². The average molecular weight is 481 g/mol. The van der Waals surface area contributed by atoms with E-state index in [4.69, 9.17) is 9.47 Å². The number of rotatable bonds is 9. The summed E-state index contributed by atoms with van der Waals surface area (Å²) in [5.74, 6) is -1.36. The number of ether oxygens (including phenoxy) is 2. The zero-order chi connectivity index (χ0) is 23.1. The molecule has 0 unspecified atom stereocenters. The monoisotopic (exact) mass is 480 g/mol. The molecule has 2 amide bonds. The molecule has 0 fully saturated rings. The second-order valence-corrected chi connectivity index (χ2v) is 8.45. The molecule has 0 aliphatic carbocycles. The first kappa shape index (κ1) is 23.4. The Labute approximate surface area is 190 Å². The average Bonchev–Trinajstić information content (AvgIpc) is 3.21. The van der Waals surface area contributed by atoms with Gasteiger partial charge in [-0.1, -0.05) is 29.2 Å². The Morgan fingerprint density at radius 1 is 1.00 bits per heavy atom. The summed E-state index contributed by atoms with van der Waals surface area (Å²) in [6.45, 7) is 0. The predicted molar refractivity (Wildman–Crippen MR) is 118 cm³/mol. The minimum Gasteiger partial charge on any atom is -0.493 e. The van der Waals surface area contributed by atoms with Crippen molar-refractivity contribution in [2.75, 3.05) is 30.6 Å². The topological polar surface area (TPSA) is 102 Å². The maximum absolute atomic E-state index is 13.6. The molecular formula is C20H18F2N4O4S2. The minimum atomic E-state index is -0.862. The highest BCUT2D eigenvalue weighted by Gasteiger charge is 2.13. The fourth-order valence-corrected chi connectivity index (χ4v) is 4.13. The third-order valence-corrected chi connectivity index (χ3v) is 5.97. The first-order valence-electron chi connectivity index (χ1n) is 9.10. The molecule has 1 heterocycles. The number of amides is 2. The first-order chi connectivity index (χ1) is 15.4. The molecule has 12 heteroatoms. The summed E-state index contributed by atoms with van der Waals surface area (Å²) >= 11 is 2.17. The zero-order valence-corrected chi connectivity index (χ0v) is 18.6. The van der Waals surface area contributed by atoms with Crippen LogP contribution in [0.2, 0.25) is 0 Å². The zero-order valence-electron chi connectivity index (χ0n) is 17.0. The summed E-state index contributed by atoms with van der Waals surface area (Å²) in [7, 11) is 3.04. The maximum Gasteiger partial charge on any atom is 0.234 e. The fraction of sp³-hybridized carbons (Fsp3) is 0.200. The highest BCUT2D eigenvalue weighted by atomic mass is 32.2. The number of carbonyl (C=O) groups is 2. The summed E-state index contributed by atoms with van der Waals surface area (Å²) < 4.78 is 37.4. The molecule has 1 aromatic heterocycles. The number of thioether (sulfide) groups is 1. The van der Waals surface area contributed by atoms with Crippen LogP contribution >= 0.6 is 23.1 Å². The summed E-state index contributed by atoms with van der Waals surface area (Å²) in [4.78, 5) is 24.3. The molecule has 0 atom stereocenters. The molecule has 0 aliphatic rings. The van der Waals surface area contributed by atoms with Crippen LogP contribution in [0.1, 0.15) is 5.56 Å². The Balaban J connectivity index is 1.50. The van der Waals surface area contributed by atoms with Crippen molar-refractivity contribution in [1.29, 1.82) is 0 Å². The highest BCUT2D eigenvalue weighted by molar-refractivity contribution is 8.01. The lowest BCUT2D eigenvalue weighted by Crippen LogP contribution is -2.15. The molecule has 0 saturated heterocycles. The molecule has 0 spiro atoms. The number of methoxy groups -OCH3 is 2. The first-order valence-corrected chi connectivity index (χ1v) is 10.9. The van der Waals surface area contributed by atoms with E-state index in [-0.39, 0.29) is 28.9 Å². The molecule has 0 bridgehead atoms. The summed E-state index contributed by atoms with van der Waals surface area (Å²) in [6, 6.07) is 8.06. The molecule has 8 nitrogen and oxygen atoms in total. The molecule has 2 N–H and O–H groups in total. The molecule has 2 aromatic carbocycles. The van der Waals surface area contributed by atoms with E-state index in [2.05, 4.69) is 20.8 Å². The highest BCUT2D eigenvalue weighted by Crippen LogP contribution is 2.28. The van der Waals surface area contributed by atoms with Crippen LogP contribution in [-0.4, -0.2) is 42.0 Å². The molecule has 32 heavy (non-hydrogen) atoms. The molecule has 0 saturated carbocycles. The third kappa shape index (κ3) is 6.37. The van der Waals surface area contributed by atoms with Gasteiger partial charge in [0.25, 0.3) is 0 Å². The van der Waals surface area contributed by atoms with Crippen molar-refractivity contribution in [3.05, 3.63) is 53.6 Å². The van der Waals surface area contributed by atoms with Gasteiger partial charge in [-0.3, -0.25) is 9.59 Å². The number of nitrogens with one attached hydrogen (secondary N) is 2. The maximum atomic E-state index is 13.6. The number of hydrogen-bond acceptors (Lipinski definition) is 8. The van der Waals surface area contributed by atoms with Crippen LogP contribution in [0, 0.1) is 11.6 Å². The number of anilines is 2. The normalized spacial score (nSPS) is 10.5. The van der Waals surface area contributed by atoms with Gasteiger partial charge in [-0.2, -0.15) is 0 Å². The van der Waals surface area contributed by atoms with Gasteiger partial charge in [0.15, 0.2) is 15.8 Å². The largest absolute Gasteiger partial charge is 0.493 e. The Hall–Kier alpha value is -3.25. The lowest BCUT2D eigenvalue weighted by Gasteiger charge is -2.09. The Bertz CT molecular complexity index is 1130. The molecule has 0 aliphatic heterocycles. The van der Waals surface area contributed by atoms with E-state index in [1.54, 1.807) is 18.2 Å². The van der Waals surface area contributed by atoms with Crippen LogP contribution in [0.5, 0.6) is 11.5 Å². The lowest BCUT2D eigenvalue weighted by molar-refractivity contribution is -0.115. The van der Waals surface area contributed by atoms with Crippen LogP contribution in [-0.2, 0) is 16.0 Å². The predicted octanol–water partition coefficient (Wildman–Crippen LogP) is 3.75. The van der Waals surface area contributed by atoms with Gasteiger partial charge in [-0.05, 0) is 29.8 Å². The minimum absolute atomic E-state index is 0.0644. The Morgan fingerprint density at radius 2 is 1.78 bits per heavy atom. The van der Waals surface area contributed by atoms with E-state index < -0.39 is 17.5 Å².